The highest BCUT2D eigenvalue weighted by molar-refractivity contribution is 5.23. The molecule has 3 rings (SSSR count). The van der Waals surface area contributed by atoms with Crippen LogP contribution in [0.2, 0.25) is 0 Å². The Hall–Kier alpha value is -0.930. The number of rotatable bonds is 3. The largest absolute Gasteiger partial charge is 0.310 e. The number of hydrogen-bond donors (Lipinski definition) is 1. The number of nitrogens with zero attached hydrogens (tertiary/aromatic N) is 1. The van der Waals surface area contributed by atoms with E-state index in [1.165, 1.54) is 25.6 Å². The second-order valence-corrected chi connectivity index (χ2v) is 5.83. The molecule has 0 bridgehead atoms. The summed E-state index contributed by atoms with van der Waals surface area (Å²) in [5.41, 5.74) is 1.16. The highest BCUT2D eigenvalue weighted by Crippen LogP contribution is 2.37. The summed E-state index contributed by atoms with van der Waals surface area (Å²) >= 11 is 0. The van der Waals surface area contributed by atoms with Gasteiger partial charge in [-0.05, 0) is 56.5 Å². The zero-order chi connectivity index (χ0) is 12.5. The Labute approximate surface area is 108 Å². The SMILES string of the molecule is CN1CCC(NC2CC(c3cccc(F)c3)C2)C1. The zero-order valence-electron chi connectivity index (χ0n) is 10.9. The number of nitrogens with one attached hydrogen (secondary N) is 1. The molecular formula is C15H21FN2. The van der Waals surface area contributed by atoms with Crippen molar-refractivity contribution in [3.05, 3.63) is 35.6 Å². The van der Waals surface area contributed by atoms with Crippen molar-refractivity contribution in [1.29, 1.82) is 0 Å². The molecule has 1 aromatic carbocycles. The van der Waals surface area contributed by atoms with E-state index < -0.39 is 0 Å². The van der Waals surface area contributed by atoms with Crippen LogP contribution in [0.5, 0.6) is 0 Å². The molecule has 1 atom stereocenters. The lowest BCUT2D eigenvalue weighted by atomic mass is 9.75. The quantitative estimate of drug-likeness (QED) is 0.883. The first-order chi connectivity index (χ1) is 8.70. The number of likely N-dealkylation sites (tertiary alicyclic amines) is 1. The van der Waals surface area contributed by atoms with Crippen molar-refractivity contribution in [2.24, 2.45) is 0 Å². The predicted molar refractivity (Wildman–Crippen MR) is 71.2 cm³/mol. The van der Waals surface area contributed by atoms with Crippen molar-refractivity contribution in [1.82, 2.24) is 10.2 Å². The van der Waals surface area contributed by atoms with Gasteiger partial charge in [0.05, 0.1) is 0 Å². The molecular weight excluding hydrogens is 227 g/mol. The van der Waals surface area contributed by atoms with Crippen LogP contribution in [-0.4, -0.2) is 37.1 Å². The molecule has 1 saturated heterocycles. The highest BCUT2D eigenvalue weighted by Gasteiger charge is 2.32. The minimum atomic E-state index is -0.110. The number of hydrogen-bond acceptors (Lipinski definition) is 2. The van der Waals surface area contributed by atoms with Gasteiger partial charge in [-0.2, -0.15) is 0 Å². The van der Waals surface area contributed by atoms with E-state index in [1.807, 2.05) is 12.1 Å². The Kier molecular flexibility index (Phi) is 3.35. The molecule has 1 aliphatic heterocycles. The fourth-order valence-electron chi connectivity index (χ4n) is 3.19. The fraction of sp³-hybridized carbons (Fsp3) is 0.600. The standard InChI is InChI=1S/C15H21FN2/c1-18-6-5-14(10-18)17-15-8-12(9-15)11-3-2-4-13(16)7-11/h2-4,7,12,14-15,17H,5-6,8-10H2,1H3. The maximum atomic E-state index is 13.1. The number of benzene rings is 1. The Morgan fingerprint density at radius 2 is 2.11 bits per heavy atom. The van der Waals surface area contributed by atoms with Gasteiger partial charge in [-0.3, -0.25) is 0 Å². The van der Waals surface area contributed by atoms with E-state index in [-0.39, 0.29) is 5.82 Å². The normalized spacial score (nSPS) is 32.4. The molecule has 3 heteroatoms. The summed E-state index contributed by atoms with van der Waals surface area (Å²) in [5.74, 6) is 0.443. The third kappa shape index (κ3) is 2.57. The first-order valence-electron chi connectivity index (χ1n) is 6.91. The van der Waals surface area contributed by atoms with E-state index in [4.69, 9.17) is 0 Å². The molecule has 18 heavy (non-hydrogen) atoms. The van der Waals surface area contributed by atoms with Gasteiger partial charge < -0.3 is 10.2 Å². The summed E-state index contributed by atoms with van der Waals surface area (Å²) < 4.78 is 13.1. The number of halogens is 1. The van der Waals surface area contributed by atoms with Crippen molar-refractivity contribution < 1.29 is 4.39 Å². The van der Waals surface area contributed by atoms with Crippen LogP contribution in [0.4, 0.5) is 4.39 Å². The molecule has 2 nitrogen and oxygen atoms in total. The van der Waals surface area contributed by atoms with Gasteiger partial charge in [-0.25, -0.2) is 4.39 Å². The minimum absolute atomic E-state index is 0.110. The van der Waals surface area contributed by atoms with E-state index in [1.54, 1.807) is 6.07 Å². The molecule has 2 fully saturated rings. The van der Waals surface area contributed by atoms with Crippen molar-refractivity contribution >= 4 is 0 Å². The predicted octanol–water partition coefficient (Wildman–Crippen LogP) is 2.37. The molecule has 1 heterocycles. The van der Waals surface area contributed by atoms with E-state index in [0.717, 1.165) is 18.4 Å². The molecule has 1 unspecified atom stereocenters. The average Bonchev–Trinajstić information content (AvgIpc) is 2.69. The second-order valence-electron chi connectivity index (χ2n) is 5.83. The Morgan fingerprint density at radius 1 is 1.28 bits per heavy atom. The lowest BCUT2D eigenvalue weighted by Gasteiger charge is -2.38. The molecule has 1 aromatic rings. The Morgan fingerprint density at radius 3 is 2.78 bits per heavy atom. The average molecular weight is 248 g/mol. The van der Waals surface area contributed by atoms with Crippen molar-refractivity contribution in [2.45, 2.75) is 37.3 Å². The van der Waals surface area contributed by atoms with E-state index >= 15 is 0 Å². The van der Waals surface area contributed by atoms with Crippen molar-refractivity contribution in [3.63, 3.8) is 0 Å². The first kappa shape index (κ1) is 12.1. The minimum Gasteiger partial charge on any atom is -0.310 e. The van der Waals surface area contributed by atoms with Gasteiger partial charge in [0, 0.05) is 18.6 Å². The lowest BCUT2D eigenvalue weighted by molar-refractivity contribution is 0.262. The van der Waals surface area contributed by atoms with Gasteiger partial charge in [-0.15, -0.1) is 0 Å². The van der Waals surface area contributed by atoms with E-state index in [9.17, 15) is 4.39 Å². The summed E-state index contributed by atoms with van der Waals surface area (Å²) in [5, 5.41) is 3.72. The molecule has 1 N–H and O–H groups in total. The third-order valence-corrected chi connectivity index (χ3v) is 4.32. The lowest BCUT2D eigenvalue weighted by Crippen LogP contribution is -2.46. The summed E-state index contributed by atoms with van der Waals surface area (Å²) in [6.45, 7) is 2.37. The molecule has 0 aromatic heterocycles. The Bertz CT molecular complexity index is 415. The van der Waals surface area contributed by atoms with Gasteiger partial charge >= 0.3 is 0 Å². The maximum Gasteiger partial charge on any atom is 0.123 e. The van der Waals surface area contributed by atoms with Crippen molar-refractivity contribution in [2.75, 3.05) is 20.1 Å². The van der Waals surface area contributed by atoms with Crippen LogP contribution in [0.1, 0.15) is 30.7 Å². The topological polar surface area (TPSA) is 15.3 Å². The van der Waals surface area contributed by atoms with E-state index in [0.29, 0.717) is 18.0 Å². The van der Waals surface area contributed by atoms with Crippen LogP contribution in [0.3, 0.4) is 0 Å². The van der Waals surface area contributed by atoms with E-state index in [2.05, 4.69) is 17.3 Å². The van der Waals surface area contributed by atoms with Gasteiger partial charge in [-0.1, -0.05) is 12.1 Å². The molecule has 0 spiro atoms. The molecule has 1 saturated carbocycles. The summed E-state index contributed by atoms with van der Waals surface area (Å²) in [4.78, 5) is 2.38. The van der Waals surface area contributed by atoms with Crippen LogP contribution in [0, 0.1) is 5.82 Å². The first-order valence-corrected chi connectivity index (χ1v) is 6.91. The van der Waals surface area contributed by atoms with Crippen LogP contribution in [0.15, 0.2) is 24.3 Å². The molecule has 98 valence electrons. The van der Waals surface area contributed by atoms with Crippen molar-refractivity contribution in [3.8, 4) is 0 Å². The van der Waals surface area contributed by atoms with Crippen LogP contribution in [-0.2, 0) is 0 Å². The van der Waals surface area contributed by atoms with Crippen LogP contribution in [0.25, 0.3) is 0 Å². The zero-order valence-corrected chi connectivity index (χ0v) is 10.9. The van der Waals surface area contributed by atoms with Gasteiger partial charge in [0.1, 0.15) is 5.82 Å². The van der Waals surface area contributed by atoms with Gasteiger partial charge in [0.2, 0.25) is 0 Å². The highest BCUT2D eigenvalue weighted by atomic mass is 19.1. The molecule has 0 radical (unpaired) electrons. The van der Waals surface area contributed by atoms with Crippen LogP contribution >= 0.6 is 0 Å². The van der Waals surface area contributed by atoms with Gasteiger partial charge in [0.15, 0.2) is 0 Å². The molecule has 0 amide bonds. The summed E-state index contributed by atoms with van der Waals surface area (Å²) in [6.07, 6.45) is 3.57. The second kappa shape index (κ2) is 4.98. The van der Waals surface area contributed by atoms with Gasteiger partial charge in [0.25, 0.3) is 0 Å². The van der Waals surface area contributed by atoms with Crippen LogP contribution < -0.4 is 5.32 Å². The fourth-order valence-corrected chi connectivity index (χ4v) is 3.19. The maximum absolute atomic E-state index is 13.1. The molecule has 2 aliphatic rings. The number of likely N-dealkylation sites (N-methyl/N-ethyl adjacent to an activating group) is 1. The summed E-state index contributed by atoms with van der Waals surface area (Å²) in [6, 6.07) is 8.37. The molecule has 1 aliphatic carbocycles. The smallest absolute Gasteiger partial charge is 0.123 e. The third-order valence-electron chi connectivity index (χ3n) is 4.32. The monoisotopic (exact) mass is 248 g/mol. The summed E-state index contributed by atoms with van der Waals surface area (Å²) in [7, 11) is 2.18. The Balaban J connectivity index is 1.48.